The molecule has 2 saturated carbocycles. The van der Waals surface area contributed by atoms with Crippen LogP contribution in [0.3, 0.4) is 0 Å². The maximum atomic E-state index is 11.2. The highest BCUT2D eigenvalue weighted by Crippen LogP contribution is 2.59. The molecule has 4 atom stereocenters. The summed E-state index contributed by atoms with van der Waals surface area (Å²) in [7, 11) is 0. The fourth-order valence-corrected chi connectivity index (χ4v) is 3.37. The van der Waals surface area contributed by atoms with Crippen LogP contribution in [0.4, 0.5) is 0 Å². The molecular formula is C10H14O4. The van der Waals surface area contributed by atoms with Crippen LogP contribution in [0.2, 0.25) is 0 Å². The SMILES string of the molecule is C[C@]1(C(=O)O)[C@@H]2CC[C@@H](C2)[C@H]1C(=O)O. The van der Waals surface area contributed by atoms with E-state index in [9.17, 15) is 9.59 Å². The third-order valence-electron chi connectivity index (χ3n) is 4.17. The van der Waals surface area contributed by atoms with Crippen molar-refractivity contribution in [1.29, 1.82) is 0 Å². The predicted octanol–water partition coefficient (Wildman–Crippen LogP) is 1.21. The molecular weight excluding hydrogens is 184 g/mol. The number of carboxylic acid groups (broad SMARTS) is 2. The van der Waals surface area contributed by atoms with Gasteiger partial charge in [0.1, 0.15) is 0 Å². The van der Waals surface area contributed by atoms with E-state index >= 15 is 0 Å². The van der Waals surface area contributed by atoms with Gasteiger partial charge in [0.05, 0.1) is 11.3 Å². The molecule has 0 spiro atoms. The van der Waals surface area contributed by atoms with Crippen molar-refractivity contribution in [2.45, 2.75) is 26.2 Å². The maximum absolute atomic E-state index is 11.2. The summed E-state index contributed by atoms with van der Waals surface area (Å²) in [5, 5.41) is 18.2. The summed E-state index contributed by atoms with van der Waals surface area (Å²) < 4.78 is 0. The largest absolute Gasteiger partial charge is 0.481 e. The average Bonchev–Trinajstić information content (AvgIpc) is 2.61. The summed E-state index contributed by atoms with van der Waals surface area (Å²) in [4.78, 5) is 22.2. The lowest BCUT2D eigenvalue weighted by Gasteiger charge is -2.34. The molecule has 2 aliphatic rings. The second kappa shape index (κ2) is 2.72. The number of aliphatic carboxylic acids is 2. The van der Waals surface area contributed by atoms with E-state index < -0.39 is 23.3 Å². The summed E-state index contributed by atoms with van der Waals surface area (Å²) in [6, 6.07) is 0. The van der Waals surface area contributed by atoms with E-state index in [0.29, 0.717) is 0 Å². The van der Waals surface area contributed by atoms with Crippen molar-refractivity contribution in [3.63, 3.8) is 0 Å². The number of carbonyl (C=O) groups is 2. The number of carboxylic acids is 2. The van der Waals surface area contributed by atoms with E-state index in [-0.39, 0.29) is 11.8 Å². The maximum Gasteiger partial charge on any atom is 0.310 e. The highest BCUT2D eigenvalue weighted by Gasteiger charge is 2.62. The van der Waals surface area contributed by atoms with Gasteiger partial charge >= 0.3 is 11.9 Å². The minimum Gasteiger partial charge on any atom is -0.481 e. The Kier molecular flexibility index (Phi) is 1.84. The zero-order chi connectivity index (χ0) is 10.5. The Morgan fingerprint density at radius 3 is 2.36 bits per heavy atom. The lowest BCUT2D eigenvalue weighted by atomic mass is 9.67. The van der Waals surface area contributed by atoms with Gasteiger partial charge in [-0.15, -0.1) is 0 Å². The average molecular weight is 198 g/mol. The molecule has 0 aromatic heterocycles. The van der Waals surface area contributed by atoms with Gasteiger partial charge in [-0.1, -0.05) is 0 Å². The summed E-state index contributed by atoms with van der Waals surface area (Å²) >= 11 is 0. The smallest absolute Gasteiger partial charge is 0.310 e. The minimum atomic E-state index is -1.03. The first-order valence-electron chi connectivity index (χ1n) is 4.94. The van der Waals surface area contributed by atoms with Gasteiger partial charge in [-0.3, -0.25) is 9.59 Å². The summed E-state index contributed by atoms with van der Waals surface area (Å²) in [5.74, 6) is -2.43. The van der Waals surface area contributed by atoms with E-state index in [1.54, 1.807) is 6.92 Å². The van der Waals surface area contributed by atoms with Gasteiger partial charge in [0.25, 0.3) is 0 Å². The zero-order valence-electron chi connectivity index (χ0n) is 8.06. The van der Waals surface area contributed by atoms with Crippen LogP contribution in [0.1, 0.15) is 26.2 Å². The number of fused-ring (bicyclic) bond motifs is 2. The van der Waals surface area contributed by atoms with Crippen LogP contribution in [0.15, 0.2) is 0 Å². The Morgan fingerprint density at radius 1 is 1.29 bits per heavy atom. The first-order chi connectivity index (χ1) is 6.48. The Hall–Kier alpha value is -1.06. The molecule has 0 radical (unpaired) electrons. The molecule has 0 aromatic rings. The third-order valence-corrected chi connectivity index (χ3v) is 4.17. The Morgan fingerprint density at radius 2 is 1.93 bits per heavy atom. The monoisotopic (exact) mass is 198 g/mol. The molecule has 0 saturated heterocycles. The molecule has 4 nitrogen and oxygen atoms in total. The van der Waals surface area contributed by atoms with E-state index in [1.165, 1.54) is 0 Å². The third kappa shape index (κ3) is 0.938. The molecule has 14 heavy (non-hydrogen) atoms. The van der Waals surface area contributed by atoms with Crippen LogP contribution in [0.5, 0.6) is 0 Å². The molecule has 2 rings (SSSR count). The molecule has 0 heterocycles. The molecule has 4 heteroatoms. The van der Waals surface area contributed by atoms with Crippen molar-refractivity contribution in [1.82, 2.24) is 0 Å². The van der Waals surface area contributed by atoms with Crippen LogP contribution >= 0.6 is 0 Å². The minimum absolute atomic E-state index is 0.0612. The number of hydrogen-bond acceptors (Lipinski definition) is 2. The summed E-state index contributed by atoms with van der Waals surface area (Å²) in [5.41, 5.74) is -1.03. The lowest BCUT2D eigenvalue weighted by Crippen LogP contribution is -2.44. The van der Waals surface area contributed by atoms with Gasteiger partial charge in [0, 0.05) is 0 Å². The van der Waals surface area contributed by atoms with E-state index in [0.717, 1.165) is 19.3 Å². The first kappa shape index (κ1) is 9.49. The highest BCUT2D eigenvalue weighted by molar-refractivity contribution is 5.84. The Balaban J connectivity index is 2.39. The molecule has 78 valence electrons. The van der Waals surface area contributed by atoms with Crippen LogP contribution in [0.25, 0.3) is 0 Å². The molecule has 0 aliphatic heterocycles. The topological polar surface area (TPSA) is 74.6 Å². The lowest BCUT2D eigenvalue weighted by molar-refractivity contribution is -0.165. The van der Waals surface area contributed by atoms with Gasteiger partial charge in [0.2, 0.25) is 0 Å². The van der Waals surface area contributed by atoms with Crippen molar-refractivity contribution in [3.8, 4) is 0 Å². The van der Waals surface area contributed by atoms with E-state index in [1.807, 2.05) is 0 Å². The van der Waals surface area contributed by atoms with Crippen LogP contribution in [0, 0.1) is 23.2 Å². The van der Waals surface area contributed by atoms with Crippen LogP contribution < -0.4 is 0 Å². The normalized spacial score (nSPS) is 45.4. The van der Waals surface area contributed by atoms with Gasteiger partial charge < -0.3 is 10.2 Å². The molecule has 2 aliphatic carbocycles. The van der Waals surface area contributed by atoms with Crippen molar-refractivity contribution in [2.75, 3.05) is 0 Å². The molecule has 0 amide bonds. The number of rotatable bonds is 2. The van der Waals surface area contributed by atoms with Gasteiger partial charge in [-0.2, -0.15) is 0 Å². The molecule has 2 bridgehead atoms. The number of hydrogen-bond donors (Lipinski definition) is 2. The quantitative estimate of drug-likeness (QED) is 0.699. The molecule has 0 aromatic carbocycles. The second-order valence-corrected chi connectivity index (χ2v) is 4.67. The zero-order valence-corrected chi connectivity index (χ0v) is 8.06. The van der Waals surface area contributed by atoms with Gasteiger partial charge in [-0.05, 0) is 38.0 Å². The van der Waals surface area contributed by atoms with Gasteiger partial charge in [0.15, 0.2) is 0 Å². The molecule has 0 unspecified atom stereocenters. The fraction of sp³-hybridized carbons (Fsp3) is 0.800. The summed E-state index contributed by atoms with van der Waals surface area (Å²) in [6.07, 6.45) is 2.53. The van der Waals surface area contributed by atoms with Gasteiger partial charge in [-0.25, -0.2) is 0 Å². The van der Waals surface area contributed by atoms with Crippen molar-refractivity contribution in [2.24, 2.45) is 23.2 Å². The van der Waals surface area contributed by atoms with E-state index in [4.69, 9.17) is 10.2 Å². The van der Waals surface area contributed by atoms with Crippen molar-refractivity contribution < 1.29 is 19.8 Å². The van der Waals surface area contributed by atoms with E-state index in [2.05, 4.69) is 0 Å². The molecule has 2 N–H and O–H groups in total. The highest BCUT2D eigenvalue weighted by atomic mass is 16.4. The first-order valence-corrected chi connectivity index (χ1v) is 4.94. The van der Waals surface area contributed by atoms with Crippen molar-refractivity contribution >= 4 is 11.9 Å². The van der Waals surface area contributed by atoms with Crippen LogP contribution in [-0.4, -0.2) is 22.2 Å². The predicted molar refractivity (Wildman–Crippen MR) is 47.7 cm³/mol. The summed E-state index contributed by atoms with van der Waals surface area (Å²) in [6.45, 7) is 1.60. The van der Waals surface area contributed by atoms with Crippen molar-refractivity contribution in [3.05, 3.63) is 0 Å². The standard InChI is InChI=1S/C10H14O4/c1-10(9(13)14)6-3-2-5(4-6)7(10)8(11)12/h5-7H,2-4H2,1H3,(H,11,12)(H,13,14)/t5-,6+,7-,10-/m0/s1. The van der Waals surface area contributed by atoms with Crippen LogP contribution in [-0.2, 0) is 9.59 Å². The molecule has 2 fully saturated rings. The Bertz CT molecular complexity index is 298. The fourth-order valence-electron chi connectivity index (χ4n) is 3.37. The Labute approximate surface area is 81.9 Å². The second-order valence-electron chi connectivity index (χ2n) is 4.67.